The Morgan fingerprint density at radius 3 is 3.07 bits per heavy atom. The third-order valence-electron chi connectivity index (χ3n) is 2.43. The molecule has 3 nitrogen and oxygen atoms in total. The Balaban J connectivity index is 0.00000112. The Labute approximate surface area is 96.7 Å². The molecule has 0 saturated carbocycles. The number of rotatable bonds is 2. The monoisotopic (exact) mass is 228 g/mol. The summed E-state index contributed by atoms with van der Waals surface area (Å²) in [6.45, 7) is 4.10. The third kappa shape index (κ3) is 3.68. The van der Waals surface area contributed by atoms with Crippen LogP contribution in [0.1, 0.15) is 18.4 Å². The molecule has 1 saturated heterocycles. The first kappa shape index (κ1) is 12.3. The molecule has 2 heterocycles. The summed E-state index contributed by atoms with van der Waals surface area (Å²) in [4.78, 5) is 4.18. The summed E-state index contributed by atoms with van der Waals surface area (Å²) in [5.41, 5.74) is 1.19. The highest BCUT2D eigenvalue weighted by Gasteiger charge is 2.14. The lowest BCUT2D eigenvalue weighted by Gasteiger charge is -2.23. The fourth-order valence-corrected chi connectivity index (χ4v) is 1.66. The number of pyridine rings is 1. The van der Waals surface area contributed by atoms with Crippen LogP contribution < -0.4 is 10.1 Å². The molecular weight excluding hydrogens is 212 g/mol. The molecule has 1 atom stereocenters. The molecule has 0 spiro atoms. The first-order chi connectivity index (χ1) is 6.84. The van der Waals surface area contributed by atoms with E-state index in [0.717, 1.165) is 25.4 Å². The van der Waals surface area contributed by atoms with Crippen LogP contribution in [0.5, 0.6) is 5.88 Å². The molecule has 15 heavy (non-hydrogen) atoms. The van der Waals surface area contributed by atoms with Gasteiger partial charge in [0.15, 0.2) is 0 Å². The van der Waals surface area contributed by atoms with Crippen LogP contribution >= 0.6 is 12.4 Å². The maximum absolute atomic E-state index is 5.76. The van der Waals surface area contributed by atoms with Crippen molar-refractivity contribution in [3.63, 3.8) is 0 Å². The number of aryl methyl sites for hydroxylation is 1. The molecule has 0 radical (unpaired) electrons. The van der Waals surface area contributed by atoms with Gasteiger partial charge in [-0.1, -0.05) is 0 Å². The van der Waals surface area contributed by atoms with E-state index in [1.54, 1.807) is 6.20 Å². The maximum Gasteiger partial charge on any atom is 0.213 e. The summed E-state index contributed by atoms with van der Waals surface area (Å²) in [7, 11) is 0. The van der Waals surface area contributed by atoms with Gasteiger partial charge in [0.1, 0.15) is 6.10 Å². The number of hydrogen-bond acceptors (Lipinski definition) is 3. The van der Waals surface area contributed by atoms with Crippen molar-refractivity contribution in [2.24, 2.45) is 0 Å². The Morgan fingerprint density at radius 1 is 1.53 bits per heavy atom. The highest BCUT2D eigenvalue weighted by atomic mass is 35.5. The van der Waals surface area contributed by atoms with Crippen molar-refractivity contribution in [1.29, 1.82) is 0 Å². The first-order valence-electron chi connectivity index (χ1n) is 5.14. The molecule has 1 N–H and O–H groups in total. The lowest BCUT2D eigenvalue weighted by molar-refractivity contribution is 0.160. The zero-order chi connectivity index (χ0) is 9.80. The lowest BCUT2D eigenvalue weighted by atomic mass is 10.1. The molecule has 0 bridgehead atoms. The fourth-order valence-electron chi connectivity index (χ4n) is 1.66. The molecule has 84 valence electrons. The predicted octanol–water partition coefficient (Wildman–Crippen LogP) is 1.94. The van der Waals surface area contributed by atoms with Gasteiger partial charge in [-0.05, 0) is 37.9 Å². The summed E-state index contributed by atoms with van der Waals surface area (Å²) in [6.07, 6.45) is 4.40. The van der Waals surface area contributed by atoms with Crippen molar-refractivity contribution in [2.45, 2.75) is 25.9 Å². The summed E-state index contributed by atoms with van der Waals surface area (Å²) in [5, 5.41) is 3.32. The van der Waals surface area contributed by atoms with Crippen molar-refractivity contribution >= 4 is 12.4 Å². The summed E-state index contributed by atoms with van der Waals surface area (Å²) in [5.74, 6) is 0.749. The molecule has 2 rings (SSSR count). The van der Waals surface area contributed by atoms with E-state index < -0.39 is 0 Å². The van der Waals surface area contributed by atoms with Gasteiger partial charge >= 0.3 is 0 Å². The van der Waals surface area contributed by atoms with Crippen LogP contribution in [-0.2, 0) is 0 Å². The van der Waals surface area contributed by atoms with Gasteiger partial charge in [-0.25, -0.2) is 4.98 Å². The van der Waals surface area contributed by atoms with Crippen LogP contribution in [0.25, 0.3) is 0 Å². The van der Waals surface area contributed by atoms with E-state index >= 15 is 0 Å². The second-order valence-corrected chi connectivity index (χ2v) is 3.76. The van der Waals surface area contributed by atoms with E-state index in [2.05, 4.69) is 10.3 Å². The average Bonchev–Trinajstić information content (AvgIpc) is 2.19. The highest BCUT2D eigenvalue weighted by molar-refractivity contribution is 5.85. The van der Waals surface area contributed by atoms with Gasteiger partial charge in [0, 0.05) is 18.8 Å². The van der Waals surface area contributed by atoms with Crippen LogP contribution in [0.15, 0.2) is 18.3 Å². The normalized spacial score (nSPS) is 20.5. The molecule has 1 aliphatic rings. The molecule has 0 unspecified atom stereocenters. The van der Waals surface area contributed by atoms with E-state index in [1.807, 2.05) is 19.1 Å². The first-order valence-corrected chi connectivity index (χ1v) is 5.14. The molecule has 0 aromatic carbocycles. The minimum Gasteiger partial charge on any atom is -0.473 e. The topological polar surface area (TPSA) is 34.1 Å². The highest BCUT2D eigenvalue weighted by Crippen LogP contribution is 2.13. The molecule has 1 aromatic rings. The largest absolute Gasteiger partial charge is 0.473 e. The number of hydrogen-bond donors (Lipinski definition) is 1. The van der Waals surface area contributed by atoms with Gasteiger partial charge in [-0.2, -0.15) is 0 Å². The average molecular weight is 229 g/mol. The number of aromatic nitrogens is 1. The van der Waals surface area contributed by atoms with Crippen LogP contribution in [0.3, 0.4) is 0 Å². The van der Waals surface area contributed by atoms with Crippen molar-refractivity contribution in [2.75, 3.05) is 13.1 Å². The second-order valence-electron chi connectivity index (χ2n) is 3.76. The van der Waals surface area contributed by atoms with E-state index in [-0.39, 0.29) is 18.5 Å². The third-order valence-corrected chi connectivity index (χ3v) is 2.43. The minimum atomic E-state index is 0. The molecule has 0 aliphatic carbocycles. The molecule has 1 aliphatic heterocycles. The smallest absolute Gasteiger partial charge is 0.213 e. The zero-order valence-corrected chi connectivity index (χ0v) is 9.72. The maximum atomic E-state index is 5.76. The summed E-state index contributed by atoms with van der Waals surface area (Å²) < 4.78 is 5.76. The zero-order valence-electron chi connectivity index (χ0n) is 8.90. The SMILES string of the molecule is Cc1ccnc(O[C@H]2CCCNC2)c1.Cl. The van der Waals surface area contributed by atoms with E-state index in [4.69, 9.17) is 4.74 Å². The van der Waals surface area contributed by atoms with Gasteiger partial charge in [-0.3, -0.25) is 0 Å². The van der Waals surface area contributed by atoms with Gasteiger partial charge in [0.05, 0.1) is 0 Å². The van der Waals surface area contributed by atoms with Crippen LogP contribution in [0.2, 0.25) is 0 Å². The van der Waals surface area contributed by atoms with Crippen molar-refractivity contribution < 1.29 is 4.74 Å². The Morgan fingerprint density at radius 2 is 2.40 bits per heavy atom. The molecular formula is C11H17ClN2O. The van der Waals surface area contributed by atoms with E-state index in [9.17, 15) is 0 Å². The number of nitrogens with zero attached hydrogens (tertiary/aromatic N) is 1. The number of halogens is 1. The van der Waals surface area contributed by atoms with Crippen LogP contribution in [0, 0.1) is 6.92 Å². The molecule has 0 amide bonds. The quantitative estimate of drug-likeness (QED) is 0.840. The molecule has 1 fully saturated rings. The van der Waals surface area contributed by atoms with Gasteiger partial charge < -0.3 is 10.1 Å². The van der Waals surface area contributed by atoms with E-state index in [1.165, 1.54) is 12.0 Å². The van der Waals surface area contributed by atoms with Gasteiger partial charge in [0.2, 0.25) is 5.88 Å². The minimum absolute atomic E-state index is 0. The number of nitrogens with one attached hydrogen (secondary N) is 1. The summed E-state index contributed by atoms with van der Waals surface area (Å²) >= 11 is 0. The van der Waals surface area contributed by atoms with E-state index in [0.29, 0.717) is 0 Å². The van der Waals surface area contributed by atoms with Crippen molar-refractivity contribution in [1.82, 2.24) is 10.3 Å². The Kier molecular flexibility index (Phi) is 4.85. The van der Waals surface area contributed by atoms with Crippen LogP contribution in [-0.4, -0.2) is 24.2 Å². The Bertz CT molecular complexity index is 300. The van der Waals surface area contributed by atoms with Crippen LogP contribution in [0.4, 0.5) is 0 Å². The molecule has 1 aromatic heterocycles. The van der Waals surface area contributed by atoms with Gasteiger partial charge in [0.25, 0.3) is 0 Å². The number of ether oxygens (including phenoxy) is 1. The number of piperidine rings is 1. The fraction of sp³-hybridized carbons (Fsp3) is 0.545. The van der Waals surface area contributed by atoms with Crippen molar-refractivity contribution in [3.8, 4) is 5.88 Å². The molecule has 4 heteroatoms. The summed E-state index contributed by atoms with van der Waals surface area (Å²) in [6, 6.07) is 3.96. The standard InChI is InChI=1S/C11H16N2O.ClH/c1-9-4-6-13-11(7-9)14-10-3-2-5-12-8-10;/h4,6-7,10,12H,2-3,5,8H2,1H3;1H/t10-;/m0./s1. The van der Waals surface area contributed by atoms with Crippen molar-refractivity contribution in [3.05, 3.63) is 23.9 Å². The Hall–Kier alpha value is -0.800. The second kappa shape index (κ2) is 5.93. The van der Waals surface area contributed by atoms with Gasteiger partial charge in [-0.15, -0.1) is 12.4 Å². The predicted molar refractivity (Wildman–Crippen MR) is 62.7 cm³/mol. The lowest BCUT2D eigenvalue weighted by Crippen LogP contribution is -2.37.